The Morgan fingerprint density at radius 1 is 1.62 bits per heavy atom. The summed E-state index contributed by atoms with van der Waals surface area (Å²) in [5.74, 6) is 0. The van der Waals surface area contributed by atoms with Crippen molar-refractivity contribution < 1.29 is 13.5 Å². The smallest absolute Gasteiger partial charge is 0.254 e. The van der Waals surface area contributed by atoms with Gasteiger partial charge in [-0.1, -0.05) is 11.3 Å². The molecule has 1 aliphatic heterocycles. The summed E-state index contributed by atoms with van der Waals surface area (Å²) in [6.07, 6.45) is -0.0904. The van der Waals surface area contributed by atoms with E-state index in [1.54, 1.807) is 6.92 Å². The van der Waals surface area contributed by atoms with Crippen LogP contribution >= 0.6 is 11.3 Å². The van der Waals surface area contributed by atoms with E-state index in [0.717, 1.165) is 11.3 Å². The lowest BCUT2D eigenvalue weighted by Gasteiger charge is -2.14. The fraction of sp³-hybridized carbons (Fsp3) is 0.625. The van der Waals surface area contributed by atoms with Gasteiger partial charge in [-0.25, -0.2) is 13.4 Å². The molecule has 2 rings (SSSR count). The lowest BCUT2D eigenvalue weighted by atomic mass is 10.3. The zero-order chi connectivity index (χ0) is 11.9. The first-order chi connectivity index (χ1) is 7.41. The number of hydrogen-bond acceptors (Lipinski definition) is 6. The molecular formula is C8H13N3O3S2. The summed E-state index contributed by atoms with van der Waals surface area (Å²) in [4.78, 5) is 3.90. The van der Waals surface area contributed by atoms with Crippen LogP contribution in [0, 0.1) is 6.92 Å². The Morgan fingerprint density at radius 2 is 2.31 bits per heavy atom. The Labute approximate surface area is 97.8 Å². The third-order valence-electron chi connectivity index (χ3n) is 2.47. The van der Waals surface area contributed by atoms with E-state index >= 15 is 0 Å². The Kier molecular flexibility index (Phi) is 2.91. The van der Waals surface area contributed by atoms with Crippen molar-refractivity contribution in [3.05, 3.63) is 5.69 Å². The molecule has 1 saturated heterocycles. The second-order valence-electron chi connectivity index (χ2n) is 3.73. The van der Waals surface area contributed by atoms with Gasteiger partial charge in [0.25, 0.3) is 10.0 Å². The number of nitrogens with zero attached hydrogens (tertiary/aromatic N) is 2. The lowest BCUT2D eigenvalue weighted by molar-refractivity contribution is 0.189. The van der Waals surface area contributed by atoms with Crippen molar-refractivity contribution >= 4 is 26.5 Å². The number of aromatic nitrogens is 1. The Hall–Kier alpha value is -0.700. The van der Waals surface area contributed by atoms with Crippen LogP contribution in [0.15, 0.2) is 4.21 Å². The molecular weight excluding hydrogens is 250 g/mol. The Morgan fingerprint density at radius 3 is 2.75 bits per heavy atom. The van der Waals surface area contributed by atoms with Gasteiger partial charge in [-0.2, -0.15) is 4.31 Å². The molecule has 1 aromatic rings. The first-order valence-electron chi connectivity index (χ1n) is 4.82. The molecule has 1 aromatic heterocycles. The van der Waals surface area contributed by atoms with Crippen molar-refractivity contribution in [1.82, 2.24) is 9.29 Å². The molecule has 2 heterocycles. The molecule has 0 radical (unpaired) electrons. The normalized spacial score (nSPS) is 22.8. The largest absolute Gasteiger partial charge is 0.392 e. The molecule has 1 fully saturated rings. The number of nitrogen functional groups attached to an aromatic ring is 1. The molecule has 3 N–H and O–H groups in total. The van der Waals surface area contributed by atoms with E-state index < -0.39 is 16.1 Å². The summed E-state index contributed by atoms with van der Waals surface area (Å²) in [6.45, 7) is 2.12. The van der Waals surface area contributed by atoms with Gasteiger partial charge in [0.2, 0.25) is 0 Å². The summed E-state index contributed by atoms with van der Waals surface area (Å²) in [7, 11) is -3.53. The average Bonchev–Trinajstić information content (AvgIpc) is 2.73. The number of β-amino-alcohol motifs (C(OH)–C–C–N with tert-alkyl or cyclic N) is 1. The zero-order valence-electron chi connectivity index (χ0n) is 8.75. The van der Waals surface area contributed by atoms with E-state index in [0.29, 0.717) is 18.7 Å². The summed E-state index contributed by atoms with van der Waals surface area (Å²) < 4.78 is 25.7. The third-order valence-corrected chi connectivity index (χ3v) is 5.91. The van der Waals surface area contributed by atoms with Gasteiger partial charge in [-0.3, -0.25) is 0 Å². The van der Waals surface area contributed by atoms with Gasteiger partial charge in [0, 0.05) is 13.1 Å². The SMILES string of the molecule is Cc1nc(N)sc1S(=O)(=O)N1CC[C@H](O)C1. The number of aryl methyl sites for hydroxylation is 1. The maximum atomic E-state index is 12.1. The predicted molar refractivity (Wildman–Crippen MR) is 60.6 cm³/mol. The van der Waals surface area contributed by atoms with Gasteiger partial charge in [-0.05, 0) is 13.3 Å². The highest BCUT2D eigenvalue weighted by molar-refractivity contribution is 7.91. The molecule has 16 heavy (non-hydrogen) atoms. The average molecular weight is 263 g/mol. The predicted octanol–water partition coefficient (Wildman–Crippen LogP) is -0.211. The van der Waals surface area contributed by atoms with Crippen molar-refractivity contribution in [2.75, 3.05) is 18.8 Å². The molecule has 0 aliphatic carbocycles. The van der Waals surface area contributed by atoms with E-state index in [2.05, 4.69) is 4.98 Å². The maximum Gasteiger partial charge on any atom is 0.254 e. The molecule has 90 valence electrons. The van der Waals surface area contributed by atoms with Crippen LogP contribution in [0.5, 0.6) is 0 Å². The maximum absolute atomic E-state index is 12.1. The highest BCUT2D eigenvalue weighted by Crippen LogP contribution is 2.29. The van der Waals surface area contributed by atoms with Crippen LogP contribution in [-0.4, -0.2) is 42.0 Å². The van der Waals surface area contributed by atoms with Gasteiger partial charge in [-0.15, -0.1) is 0 Å². The highest BCUT2D eigenvalue weighted by Gasteiger charge is 2.34. The number of thiazole rings is 1. The van der Waals surface area contributed by atoms with Crippen LogP contribution in [0.25, 0.3) is 0 Å². The van der Waals surface area contributed by atoms with E-state index in [9.17, 15) is 13.5 Å². The number of nitrogens with two attached hydrogens (primary N) is 1. The number of anilines is 1. The van der Waals surface area contributed by atoms with Crippen LogP contribution < -0.4 is 5.73 Å². The molecule has 0 spiro atoms. The molecule has 0 saturated carbocycles. The van der Waals surface area contributed by atoms with Crippen LogP contribution in [-0.2, 0) is 10.0 Å². The van der Waals surface area contributed by atoms with Crippen molar-refractivity contribution in [2.24, 2.45) is 0 Å². The van der Waals surface area contributed by atoms with Gasteiger partial charge < -0.3 is 10.8 Å². The Balaban J connectivity index is 2.36. The van der Waals surface area contributed by atoms with E-state index in [-0.39, 0.29) is 15.9 Å². The number of hydrogen-bond donors (Lipinski definition) is 2. The van der Waals surface area contributed by atoms with E-state index in [1.165, 1.54) is 4.31 Å². The highest BCUT2D eigenvalue weighted by atomic mass is 32.2. The van der Waals surface area contributed by atoms with Crippen LogP contribution in [0.1, 0.15) is 12.1 Å². The van der Waals surface area contributed by atoms with Gasteiger partial charge in [0.05, 0.1) is 11.8 Å². The quantitative estimate of drug-likeness (QED) is 0.769. The van der Waals surface area contributed by atoms with Crippen LogP contribution in [0.4, 0.5) is 5.13 Å². The molecule has 0 bridgehead atoms. The minimum Gasteiger partial charge on any atom is -0.392 e. The van der Waals surface area contributed by atoms with Crippen molar-refractivity contribution in [3.8, 4) is 0 Å². The number of aliphatic hydroxyl groups is 1. The van der Waals surface area contributed by atoms with Crippen molar-refractivity contribution in [2.45, 2.75) is 23.7 Å². The first kappa shape index (κ1) is 11.8. The standard InChI is InChI=1S/C8H13N3O3S2/c1-5-7(15-8(9)10-5)16(13,14)11-3-2-6(12)4-11/h6,12H,2-4H2,1H3,(H2,9,10)/t6-/m0/s1. The molecule has 1 atom stereocenters. The van der Waals surface area contributed by atoms with Gasteiger partial charge in [0.15, 0.2) is 9.34 Å². The third kappa shape index (κ3) is 1.93. The van der Waals surface area contributed by atoms with Gasteiger partial charge in [0.1, 0.15) is 0 Å². The van der Waals surface area contributed by atoms with Crippen LogP contribution in [0.2, 0.25) is 0 Å². The second-order valence-corrected chi connectivity index (χ2v) is 6.89. The minimum atomic E-state index is -3.53. The zero-order valence-corrected chi connectivity index (χ0v) is 10.4. The molecule has 0 unspecified atom stereocenters. The van der Waals surface area contributed by atoms with Crippen molar-refractivity contribution in [3.63, 3.8) is 0 Å². The monoisotopic (exact) mass is 263 g/mol. The number of aliphatic hydroxyl groups excluding tert-OH is 1. The second kappa shape index (κ2) is 3.95. The molecule has 8 heteroatoms. The lowest BCUT2D eigenvalue weighted by Crippen LogP contribution is -2.29. The molecule has 0 amide bonds. The fourth-order valence-corrected chi connectivity index (χ4v) is 4.62. The van der Waals surface area contributed by atoms with Crippen molar-refractivity contribution in [1.29, 1.82) is 0 Å². The summed E-state index contributed by atoms with van der Waals surface area (Å²) >= 11 is 0.965. The Bertz CT molecular complexity index is 497. The molecule has 0 aromatic carbocycles. The molecule has 1 aliphatic rings. The van der Waals surface area contributed by atoms with E-state index in [4.69, 9.17) is 5.73 Å². The number of sulfonamides is 1. The fourth-order valence-electron chi connectivity index (χ4n) is 1.69. The summed E-state index contributed by atoms with van der Waals surface area (Å²) in [5.41, 5.74) is 5.90. The van der Waals surface area contributed by atoms with Crippen LogP contribution in [0.3, 0.4) is 0 Å². The summed E-state index contributed by atoms with van der Waals surface area (Å²) in [6, 6.07) is 0. The van der Waals surface area contributed by atoms with Gasteiger partial charge >= 0.3 is 0 Å². The summed E-state index contributed by atoms with van der Waals surface area (Å²) in [5, 5.41) is 9.59. The van der Waals surface area contributed by atoms with E-state index in [1.807, 2.05) is 0 Å². The molecule has 6 nitrogen and oxygen atoms in total. The number of rotatable bonds is 2. The minimum absolute atomic E-state index is 0.152. The first-order valence-corrected chi connectivity index (χ1v) is 7.08. The topological polar surface area (TPSA) is 96.5 Å².